The van der Waals surface area contributed by atoms with E-state index in [4.69, 9.17) is 11.6 Å². The molecule has 1 aliphatic rings. The summed E-state index contributed by atoms with van der Waals surface area (Å²) in [6.45, 7) is 2.24. The normalized spacial score (nSPS) is 29.8. The van der Waals surface area contributed by atoms with Crippen molar-refractivity contribution in [3.63, 3.8) is 0 Å². The number of hydrogen-bond acceptors (Lipinski definition) is 1. The molecule has 70 valence electrons. The quantitative estimate of drug-likeness (QED) is 0.661. The summed E-state index contributed by atoms with van der Waals surface area (Å²) in [5, 5.41) is 2.93. The van der Waals surface area contributed by atoms with E-state index in [0.717, 1.165) is 18.8 Å². The number of halogens is 1. The molecule has 0 aromatic rings. The van der Waals surface area contributed by atoms with E-state index in [9.17, 15) is 4.79 Å². The second kappa shape index (κ2) is 4.70. The van der Waals surface area contributed by atoms with Gasteiger partial charge in [-0.1, -0.05) is 19.8 Å². The van der Waals surface area contributed by atoms with E-state index in [1.807, 2.05) is 0 Å². The Kier molecular flexibility index (Phi) is 3.86. The van der Waals surface area contributed by atoms with Crippen molar-refractivity contribution in [2.24, 2.45) is 5.92 Å². The summed E-state index contributed by atoms with van der Waals surface area (Å²) in [7, 11) is 0. The summed E-state index contributed by atoms with van der Waals surface area (Å²) in [6, 6.07) is 0.375. The molecule has 1 amide bonds. The molecule has 1 rings (SSSR count). The maximum atomic E-state index is 10.9. The van der Waals surface area contributed by atoms with E-state index in [0.29, 0.717) is 6.04 Å². The van der Waals surface area contributed by atoms with Crippen LogP contribution in [-0.2, 0) is 4.79 Å². The van der Waals surface area contributed by atoms with Gasteiger partial charge in [-0.15, -0.1) is 11.6 Å². The molecule has 0 aromatic carbocycles. The first-order valence-electron chi connectivity index (χ1n) is 4.57. The molecule has 0 saturated heterocycles. The molecule has 0 bridgehead atoms. The van der Waals surface area contributed by atoms with E-state index in [1.54, 1.807) is 0 Å². The molecule has 1 N–H and O–H groups in total. The summed E-state index contributed by atoms with van der Waals surface area (Å²) in [5.41, 5.74) is 0. The Morgan fingerprint density at radius 3 is 2.92 bits per heavy atom. The van der Waals surface area contributed by atoms with Gasteiger partial charge >= 0.3 is 0 Å². The van der Waals surface area contributed by atoms with Crippen molar-refractivity contribution in [3.05, 3.63) is 0 Å². The Morgan fingerprint density at radius 2 is 2.33 bits per heavy atom. The number of rotatable bonds is 2. The smallest absolute Gasteiger partial charge is 0.235 e. The minimum atomic E-state index is -0.0317. The van der Waals surface area contributed by atoms with Crippen LogP contribution in [0.5, 0.6) is 0 Å². The first-order chi connectivity index (χ1) is 5.72. The second-order valence-corrected chi connectivity index (χ2v) is 3.94. The molecule has 0 unspecified atom stereocenters. The molecule has 1 fully saturated rings. The van der Waals surface area contributed by atoms with Crippen molar-refractivity contribution in [1.29, 1.82) is 0 Å². The van der Waals surface area contributed by atoms with Crippen LogP contribution in [0.2, 0.25) is 0 Å². The first-order valence-corrected chi connectivity index (χ1v) is 5.11. The molecule has 0 heterocycles. The van der Waals surface area contributed by atoms with Crippen LogP contribution in [0.15, 0.2) is 0 Å². The third kappa shape index (κ3) is 3.02. The van der Waals surface area contributed by atoms with Gasteiger partial charge in [-0.3, -0.25) is 4.79 Å². The van der Waals surface area contributed by atoms with E-state index >= 15 is 0 Å². The van der Waals surface area contributed by atoms with Crippen molar-refractivity contribution >= 4 is 17.5 Å². The van der Waals surface area contributed by atoms with Crippen LogP contribution in [-0.4, -0.2) is 17.8 Å². The van der Waals surface area contributed by atoms with Crippen LogP contribution in [0.4, 0.5) is 0 Å². The van der Waals surface area contributed by atoms with Crippen molar-refractivity contribution in [2.45, 2.75) is 38.6 Å². The van der Waals surface area contributed by atoms with Crippen LogP contribution in [0.25, 0.3) is 0 Å². The topological polar surface area (TPSA) is 29.1 Å². The summed E-state index contributed by atoms with van der Waals surface area (Å²) >= 11 is 5.40. The van der Waals surface area contributed by atoms with Gasteiger partial charge in [-0.25, -0.2) is 0 Å². The van der Waals surface area contributed by atoms with Crippen LogP contribution in [0, 0.1) is 5.92 Å². The molecular weight excluding hydrogens is 174 g/mol. The molecule has 1 aliphatic carbocycles. The monoisotopic (exact) mass is 189 g/mol. The zero-order valence-electron chi connectivity index (χ0n) is 7.48. The Hall–Kier alpha value is -0.240. The summed E-state index contributed by atoms with van der Waals surface area (Å²) < 4.78 is 0. The van der Waals surface area contributed by atoms with Crippen molar-refractivity contribution in [1.82, 2.24) is 5.32 Å². The van der Waals surface area contributed by atoms with Crippen molar-refractivity contribution in [3.8, 4) is 0 Å². The molecule has 2 nitrogen and oxygen atoms in total. The minimum absolute atomic E-state index is 0.0317. The number of amides is 1. The highest BCUT2D eigenvalue weighted by Crippen LogP contribution is 2.23. The van der Waals surface area contributed by atoms with E-state index in [2.05, 4.69) is 12.2 Å². The van der Waals surface area contributed by atoms with Gasteiger partial charge in [0.15, 0.2) is 0 Å². The SMILES string of the molecule is C[C@H]1CCC[C@@H](NC(=O)CCl)C1. The zero-order chi connectivity index (χ0) is 8.97. The lowest BCUT2D eigenvalue weighted by Crippen LogP contribution is -2.38. The minimum Gasteiger partial charge on any atom is -0.352 e. The third-order valence-corrected chi connectivity index (χ3v) is 2.67. The molecule has 0 aromatic heterocycles. The van der Waals surface area contributed by atoms with E-state index < -0.39 is 0 Å². The van der Waals surface area contributed by atoms with Gasteiger partial charge in [0, 0.05) is 6.04 Å². The average Bonchev–Trinajstić information content (AvgIpc) is 2.04. The second-order valence-electron chi connectivity index (χ2n) is 3.67. The predicted molar refractivity (Wildman–Crippen MR) is 50.3 cm³/mol. The highest BCUT2D eigenvalue weighted by atomic mass is 35.5. The molecule has 0 spiro atoms. The van der Waals surface area contributed by atoms with Gasteiger partial charge in [0.1, 0.15) is 5.88 Å². The largest absolute Gasteiger partial charge is 0.352 e. The number of carbonyl (C=O) groups excluding carboxylic acids is 1. The molecule has 2 atom stereocenters. The van der Waals surface area contributed by atoms with Crippen molar-refractivity contribution in [2.75, 3.05) is 5.88 Å². The van der Waals surface area contributed by atoms with E-state index in [1.165, 1.54) is 12.8 Å². The molecule has 3 heteroatoms. The van der Waals surface area contributed by atoms with Crippen molar-refractivity contribution < 1.29 is 4.79 Å². The lowest BCUT2D eigenvalue weighted by atomic mass is 9.87. The lowest BCUT2D eigenvalue weighted by Gasteiger charge is -2.27. The fraction of sp³-hybridized carbons (Fsp3) is 0.889. The highest BCUT2D eigenvalue weighted by molar-refractivity contribution is 6.27. The number of hydrogen-bond donors (Lipinski definition) is 1. The third-order valence-electron chi connectivity index (χ3n) is 2.42. The fourth-order valence-electron chi connectivity index (χ4n) is 1.83. The summed E-state index contributed by atoms with van der Waals surface area (Å²) in [5.74, 6) is 0.806. The number of nitrogens with one attached hydrogen (secondary N) is 1. The maximum absolute atomic E-state index is 10.9. The Labute approximate surface area is 78.7 Å². The van der Waals surface area contributed by atoms with Gasteiger partial charge in [0.05, 0.1) is 0 Å². The maximum Gasteiger partial charge on any atom is 0.235 e. The van der Waals surface area contributed by atoms with Crippen LogP contribution in [0.1, 0.15) is 32.6 Å². The average molecular weight is 190 g/mol. The highest BCUT2D eigenvalue weighted by Gasteiger charge is 2.19. The Balaban J connectivity index is 2.27. The molecule has 1 saturated carbocycles. The predicted octanol–water partition coefficient (Wildman–Crippen LogP) is 1.92. The molecule has 0 aliphatic heterocycles. The van der Waals surface area contributed by atoms with Crippen LogP contribution in [0.3, 0.4) is 0 Å². The summed E-state index contributed by atoms with van der Waals surface area (Å²) in [6.07, 6.45) is 4.76. The van der Waals surface area contributed by atoms with Gasteiger partial charge in [-0.2, -0.15) is 0 Å². The van der Waals surface area contributed by atoms with Gasteiger partial charge in [-0.05, 0) is 18.8 Å². The first kappa shape index (κ1) is 9.85. The Bertz CT molecular complexity index is 161. The van der Waals surface area contributed by atoms with Gasteiger partial charge in [0.25, 0.3) is 0 Å². The van der Waals surface area contributed by atoms with Gasteiger partial charge in [0.2, 0.25) is 5.91 Å². The molecular formula is C9H16ClNO. The standard InChI is InChI=1S/C9H16ClNO/c1-7-3-2-4-8(5-7)11-9(12)6-10/h7-8H,2-6H2,1H3,(H,11,12)/t7-,8+/m0/s1. The lowest BCUT2D eigenvalue weighted by molar-refractivity contribution is -0.119. The number of carbonyl (C=O) groups is 1. The van der Waals surface area contributed by atoms with E-state index in [-0.39, 0.29) is 11.8 Å². The van der Waals surface area contributed by atoms with Gasteiger partial charge < -0.3 is 5.32 Å². The Morgan fingerprint density at radius 1 is 1.58 bits per heavy atom. The zero-order valence-corrected chi connectivity index (χ0v) is 8.23. The van der Waals surface area contributed by atoms with Crippen LogP contribution >= 0.6 is 11.6 Å². The fourth-order valence-corrected chi connectivity index (χ4v) is 1.91. The summed E-state index contributed by atoms with van der Waals surface area (Å²) in [4.78, 5) is 10.9. The molecule has 0 radical (unpaired) electrons. The number of alkyl halides is 1. The van der Waals surface area contributed by atoms with Crippen LogP contribution < -0.4 is 5.32 Å². The molecule has 12 heavy (non-hydrogen) atoms.